The lowest BCUT2D eigenvalue weighted by molar-refractivity contribution is -0.119. The Morgan fingerprint density at radius 2 is 1.59 bits per heavy atom. The van der Waals surface area contributed by atoms with Crippen molar-refractivity contribution in [1.82, 2.24) is 4.31 Å². The standard InChI is InChI=1S/C16H11NO4S/c18-15(11-10-12-6-2-1-3-7-12)17-16(19)13-8-4-5-9-14(13)22(17,20)21/h1-11H/b11-10+. The highest BCUT2D eigenvalue weighted by Gasteiger charge is 2.44. The van der Waals surface area contributed by atoms with E-state index in [-0.39, 0.29) is 10.5 Å². The molecule has 6 heteroatoms. The topological polar surface area (TPSA) is 71.5 Å². The fourth-order valence-corrected chi connectivity index (χ4v) is 3.70. The first kappa shape index (κ1) is 14.2. The maximum absolute atomic E-state index is 12.3. The van der Waals surface area contributed by atoms with Crippen LogP contribution in [0.4, 0.5) is 0 Å². The quantitative estimate of drug-likeness (QED) is 0.796. The Kier molecular flexibility index (Phi) is 3.38. The van der Waals surface area contributed by atoms with E-state index in [9.17, 15) is 18.0 Å². The molecule has 1 heterocycles. The van der Waals surface area contributed by atoms with Gasteiger partial charge < -0.3 is 0 Å². The summed E-state index contributed by atoms with van der Waals surface area (Å²) in [5.41, 5.74) is 0.751. The summed E-state index contributed by atoms with van der Waals surface area (Å²) in [5.74, 6) is -1.71. The van der Waals surface area contributed by atoms with Crippen LogP contribution in [0.3, 0.4) is 0 Å². The van der Waals surface area contributed by atoms with Crippen molar-refractivity contribution >= 4 is 27.9 Å². The number of imide groups is 1. The van der Waals surface area contributed by atoms with Crippen LogP contribution in [0, 0.1) is 0 Å². The molecule has 0 saturated heterocycles. The Bertz CT molecular complexity index is 885. The molecule has 1 aliphatic rings. The van der Waals surface area contributed by atoms with Gasteiger partial charge in [0.05, 0.1) is 5.56 Å². The fourth-order valence-electron chi connectivity index (χ4n) is 2.20. The minimum Gasteiger partial charge on any atom is -0.268 e. The van der Waals surface area contributed by atoms with Crippen molar-refractivity contribution < 1.29 is 18.0 Å². The van der Waals surface area contributed by atoms with Crippen LogP contribution in [0.5, 0.6) is 0 Å². The first-order valence-corrected chi connectivity index (χ1v) is 7.91. The van der Waals surface area contributed by atoms with Crippen molar-refractivity contribution in [2.45, 2.75) is 4.90 Å². The van der Waals surface area contributed by atoms with Gasteiger partial charge in [-0.3, -0.25) is 9.59 Å². The third kappa shape index (κ3) is 2.23. The van der Waals surface area contributed by atoms with E-state index in [1.165, 1.54) is 24.3 Å². The van der Waals surface area contributed by atoms with Gasteiger partial charge in [0.2, 0.25) is 0 Å². The molecule has 0 saturated carbocycles. The summed E-state index contributed by atoms with van der Waals surface area (Å²) < 4.78 is 24.9. The largest absolute Gasteiger partial charge is 0.276 e. The highest BCUT2D eigenvalue weighted by atomic mass is 32.2. The molecule has 0 spiro atoms. The summed E-state index contributed by atoms with van der Waals surface area (Å²) in [6.45, 7) is 0. The average molecular weight is 313 g/mol. The Morgan fingerprint density at radius 3 is 2.27 bits per heavy atom. The molecule has 0 bridgehead atoms. The van der Waals surface area contributed by atoms with Crippen molar-refractivity contribution in [1.29, 1.82) is 0 Å². The second-order valence-corrected chi connectivity index (χ2v) is 6.41. The molecule has 110 valence electrons. The fraction of sp³-hybridized carbons (Fsp3) is 0. The molecule has 22 heavy (non-hydrogen) atoms. The molecule has 5 nitrogen and oxygen atoms in total. The molecule has 0 fully saturated rings. The molecular formula is C16H11NO4S. The maximum atomic E-state index is 12.3. The van der Waals surface area contributed by atoms with Crippen LogP contribution in [0.15, 0.2) is 65.6 Å². The van der Waals surface area contributed by atoms with Gasteiger partial charge in [-0.05, 0) is 23.8 Å². The van der Waals surface area contributed by atoms with Crippen molar-refractivity contribution in [3.8, 4) is 0 Å². The van der Waals surface area contributed by atoms with Gasteiger partial charge >= 0.3 is 0 Å². The van der Waals surface area contributed by atoms with Crippen molar-refractivity contribution in [2.24, 2.45) is 0 Å². The molecule has 0 aromatic heterocycles. The zero-order chi connectivity index (χ0) is 15.7. The molecule has 1 aliphatic heterocycles. The van der Waals surface area contributed by atoms with Gasteiger partial charge in [0, 0.05) is 6.08 Å². The maximum Gasteiger partial charge on any atom is 0.276 e. The van der Waals surface area contributed by atoms with Crippen LogP contribution < -0.4 is 0 Å². The Hall–Kier alpha value is -2.73. The van der Waals surface area contributed by atoms with E-state index in [1.54, 1.807) is 30.3 Å². The number of fused-ring (bicyclic) bond motifs is 1. The minimum atomic E-state index is -4.12. The Balaban J connectivity index is 1.95. The third-order valence-corrected chi connectivity index (χ3v) is 4.98. The zero-order valence-corrected chi connectivity index (χ0v) is 12.2. The van der Waals surface area contributed by atoms with E-state index in [0.717, 1.165) is 11.6 Å². The SMILES string of the molecule is O=C(/C=C/c1ccccc1)N1C(=O)c2ccccc2S1(=O)=O. The van der Waals surface area contributed by atoms with Crippen LogP contribution in [-0.4, -0.2) is 24.5 Å². The Labute approximate surface area is 127 Å². The number of hydrogen-bond donors (Lipinski definition) is 0. The summed E-state index contributed by atoms with van der Waals surface area (Å²) in [6.07, 6.45) is 2.55. The van der Waals surface area contributed by atoms with Gasteiger partial charge in [0.15, 0.2) is 0 Å². The van der Waals surface area contributed by atoms with E-state index in [2.05, 4.69) is 0 Å². The van der Waals surface area contributed by atoms with Gasteiger partial charge in [-0.1, -0.05) is 42.5 Å². The summed E-state index contributed by atoms with van der Waals surface area (Å²) in [5, 5.41) is 0. The van der Waals surface area contributed by atoms with E-state index < -0.39 is 21.8 Å². The summed E-state index contributed by atoms with van der Waals surface area (Å²) in [6, 6.07) is 14.7. The molecule has 0 aliphatic carbocycles. The third-order valence-electron chi connectivity index (χ3n) is 3.24. The average Bonchev–Trinajstić information content (AvgIpc) is 2.73. The minimum absolute atomic E-state index is 0.0176. The number of hydrogen-bond acceptors (Lipinski definition) is 4. The van der Waals surface area contributed by atoms with Gasteiger partial charge in [-0.25, -0.2) is 8.42 Å². The number of nitrogens with zero attached hydrogens (tertiary/aromatic N) is 1. The Morgan fingerprint density at radius 1 is 0.955 bits per heavy atom. The van der Waals surface area contributed by atoms with Crippen molar-refractivity contribution in [2.75, 3.05) is 0 Å². The number of rotatable bonds is 2. The van der Waals surface area contributed by atoms with Crippen LogP contribution in [0.2, 0.25) is 0 Å². The van der Waals surface area contributed by atoms with Crippen molar-refractivity contribution in [3.63, 3.8) is 0 Å². The number of amides is 2. The lowest BCUT2D eigenvalue weighted by atomic mass is 10.2. The lowest BCUT2D eigenvalue weighted by Crippen LogP contribution is -2.34. The first-order chi connectivity index (χ1) is 10.5. The number of sulfonamides is 1. The van der Waals surface area contributed by atoms with Gasteiger partial charge in [-0.15, -0.1) is 0 Å². The number of benzene rings is 2. The van der Waals surface area contributed by atoms with Gasteiger partial charge in [-0.2, -0.15) is 4.31 Å². The summed E-state index contributed by atoms with van der Waals surface area (Å²) in [4.78, 5) is 24.2. The van der Waals surface area contributed by atoms with Crippen LogP contribution >= 0.6 is 0 Å². The van der Waals surface area contributed by atoms with Gasteiger partial charge in [0.25, 0.3) is 21.8 Å². The first-order valence-electron chi connectivity index (χ1n) is 6.47. The molecule has 2 amide bonds. The second-order valence-electron chi connectivity index (χ2n) is 4.65. The summed E-state index contributed by atoms with van der Waals surface area (Å²) >= 11 is 0. The molecule has 0 radical (unpaired) electrons. The van der Waals surface area contributed by atoms with E-state index in [1.807, 2.05) is 6.07 Å². The smallest absolute Gasteiger partial charge is 0.268 e. The summed E-state index contributed by atoms with van der Waals surface area (Å²) in [7, 11) is -4.12. The predicted molar refractivity (Wildman–Crippen MR) is 80.3 cm³/mol. The molecule has 3 rings (SSSR count). The number of carbonyl (C=O) groups is 2. The van der Waals surface area contributed by atoms with E-state index in [4.69, 9.17) is 0 Å². The van der Waals surface area contributed by atoms with Crippen LogP contribution in [0.1, 0.15) is 15.9 Å². The molecular weight excluding hydrogens is 302 g/mol. The van der Waals surface area contributed by atoms with Crippen LogP contribution in [0.25, 0.3) is 6.08 Å². The van der Waals surface area contributed by atoms with E-state index >= 15 is 0 Å². The highest BCUT2D eigenvalue weighted by Crippen LogP contribution is 2.30. The lowest BCUT2D eigenvalue weighted by Gasteiger charge is -2.10. The predicted octanol–water partition coefficient (Wildman–Crippen LogP) is 2.07. The zero-order valence-electron chi connectivity index (χ0n) is 11.3. The van der Waals surface area contributed by atoms with Crippen molar-refractivity contribution in [3.05, 3.63) is 71.8 Å². The van der Waals surface area contributed by atoms with Gasteiger partial charge in [0.1, 0.15) is 4.90 Å². The highest BCUT2D eigenvalue weighted by molar-refractivity contribution is 7.90. The molecule has 2 aromatic rings. The molecule has 2 aromatic carbocycles. The molecule has 0 N–H and O–H groups in total. The monoisotopic (exact) mass is 313 g/mol. The van der Waals surface area contributed by atoms with E-state index in [0.29, 0.717) is 4.31 Å². The second kappa shape index (κ2) is 5.23. The molecule has 0 atom stereocenters. The van der Waals surface area contributed by atoms with Crippen LogP contribution in [-0.2, 0) is 14.8 Å². The number of carbonyl (C=O) groups excluding carboxylic acids is 2. The normalized spacial score (nSPS) is 16.0. The molecule has 0 unspecified atom stereocenters.